The van der Waals surface area contributed by atoms with E-state index in [9.17, 15) is 24.0 Å². The van der Waals surface area contributed by atoms with Gasteiger partial charge in [0.25, 0.3) is 23.6 Å². The number of imide groups is 4. The molecule has 0 aliphatic carbocycles. The fraction of sp³-hybridized carbons (Fsp3) is 0.640. The lowest BCUT2D eigenvalue weighted by Gasteiger charge is -2.12. The number of nitrogens with zero attached hydrogens (tertiary/aromatic N) is 2. The highest BCUT2D eigenvalue weighted by Gasteiger charge is 2.30. The Labute approximate surface area is 208 Å². The molecule has 0 saturated heterocycles. The van der Waals surface area contributed by atoms with Crippen LogP contribution in [0.25, 0.3) is 0 Å². The molecule has 0 spiro atoms. The van der Waals surface area contributed by atoms with Gasteiger partial charge in [-0.3, -0.25) is 24.1 Å². The molecule has 2 heterocycles. The molecule has 0 N–H and O–H groups in total. The molecule has 0 radical (unpaired) electrons. The topological polar surface area (TPSA) is 110 Å². The van der Waals surface area contributed by atoms with Crippen LogP contribution < -0.4 is 0 Å². The second-order valence-corrected chi connectivity index (χ2v) is 5.88. The van der Waals surface area contributed by atoms with E-state index in [0.717, 1.165) is 58.2 Å². The minimum Gasteiger partial charge on any atom is -0.452 e. The molecular formula is C25H50N2O7. The van der Waals surface area contributed by atoms with Gasteiger partial charge >= 0.3 is 6.09 Å². The SMILES string of the molecule is C.C.C.C.C.CCCCCN1C(=O)C=CC1=O.CCCOCC.COC(=O)N1C(=O)C=CC1=O. The minimum atomic E-state index is -0.954. The molecule has 0 atom stereocenters. The maximum Gasteiger partial charge on any atom is 0.423 e. The first-order chi connectivity index (χ1) is 13.8. The summed E-state index contributed by atoms with van der Waals surface area (Å²) in [7, 11) is 1.10. The van der Waals surface area contributed by atoms with Gasteiger partial charge in [-0.25, -0.2) is 4.79 Å². The van der Waals surface area contributed by atoms with Crippen molar-refractivity contribution in [3.63, 3.8) is 0 Å². The van der Waals surface area contributed by atoms with Gasteiger partial charge in [0.15, 0.2) is 0 Å². The quantitative estimate of drug-likeness (QED) is 0.347. The van der Waals surface area contributed by atoms with Crippen LogP contribution in [0.1, 0.15) is 83.6 Å². The van der Waals surface area contributed by atoms with Gasteiger partial charge < -0.3 is 9.47 Å². The van der Waals surface area contributed by atoms with Crippen LogP contribution in [0, 0.1) is 0 Å². The Morgan fingerprint density at radius 2 is 1.18 bits per heavy atom. The van der Waals surface area contributed by atoms with Crippen molar-refractivity contribution in [1.29, 1.82) is 0 Å². The van der Waals surface area contributed by atoms with Gasteiger partial charge in [0.1, 0.15) is 0 Å². The molecule has 9 heteroatoms. The summed E-state index contributed by atoms with van der Waals surface area (Å²) in [5.41, 5.74) is 0. The van der Waals surface area contributed by atoms with E-state index in [1.165, 1.54) is 17.1 Å². The van der Waals surface area contributed by atoms with E-state index in [-0.39, 0.29) is 48.9 Å². The summed E-state index contributed by atoms with van der Waals surface area (Å²) in [6.07, 6.45) is 7.94. The zero-order chi connectivity index (χ0) is 22.2. The van der Waals surface area contributed by atoms with E-state index >= 15 is 0 Å². The number of carbonyl (C=O) groups is 5. The largest absolute Gasteiger partial charge is 0.452 e. The van der Waals surface area contributed by atoms with Crippen molar-refractivity contribution < 1.29 is 33.4 Å². The van der Waals surface area contributed by atoms with Gasteiger partial charge in [-0.1, -0.05) is 63.8 Å². The number of methoxy groups -OCH3 is 1. The Bertz CT molecular complexity index is 603. The van der Waals surface area contributed by atoms with Crippen molar-refractivity contribution in [2.45, 2.75) is 83.6 Å². The van der Waals surface area contributed by atoms with E-state index in [2.05, 4.69) is 18.6 Å². The van der Waals surface area contributed by atoms with Gasteiger partial charge in [0.05, 0.1) is 7.11 Å². The number of hydrogen-bond donors (Lipinski definition) is 0. The Hall–Kier alpha value is -2.81. The van der Waals surface area contributed by atoms with E-state index in [1.807, 2.05) is 6.92 Å². The van der Waals surface area contributed by atoms with E-state index in [0.29, 0.717) is 11.4 Å². The molecule has 2 rings (SSSR count). The van der Waals surface area contributed by atoms with E-state index in [4.69, 9.17) is 4.74 Å². The molecular weight excluding hydrogens is 440 g/mol. The van der Waals surface area contributed by atoms with Crippen LogP contribution in [0.3, 0.4) is 0 Å². The zero-order valence-corrected chi connectivity index (χ0v) is 17.5. The van der Waals surface area contributed by atoms with Crippen molar-refractivity contribution in [3.8, 4) is 0 Å². The summed E-state index contributed by atoms with van der Waals surface area (Å²) < 4.78 is 9.16. The molecule has 0 unspecified atom stereocenters. The number of rotatable bonds is 7. The summed E-state index contributed by atoms with van der Waals surface area (Å²) in [4.78, 5) is 55.8. The number of amides is 5. The first kappa shape index (κ1) is 44.8. The van der Waals surface area contributed by atoms with Crippen molar-refractivity contribution in [2.75, 3.05) is 26.9 Å². The first-order valence-electron chi connectivity index (χ1n) is 9.59. The van der Waals surface area contributed by atoms with Crippen LogP contribution >= 0.6 is 0 Å². The molecule has 0 saturated carbocycles. The molecule has 0 aromatic carbocycles. The zero-order valence-electron chi connectivity index (χ0n) is 17.5. The lowest BCUT2D eigenvalue weighted by molar-refractivity contribution is -0.137. The molecule has 2 aliphatic rings. The van der Waals surface area contributed by atoms with Crippen LogP contribution in [-0.2, 0) is 28.7 Å². The van der Waals surface area contributed by atoms with Gasteiger partial charge in [-0.15, -0.1) is 0 Å². The number of carbonyl (C=O) groups excluding carboxylic acids is 5. The molecule has 0 aromatic heterocycles. The Morgan fingerprint density at radius 3 is 1.50 bits per heavy atom. The molecule has 34 heavy (non-hydrogen) atoms. The van der Waals surface area contributed by atoms with Crippen molar-refractivity contribution in [1.82, 2.24) is 9.80 Å². The predicted octanol–water partition coefficient (Wildman–Crippen LogP) is 5.39. The number of hydrogen-bond acceptors (Lipinski definition) is 7. The minimum absolute atomic E-state index is 0. The van der Waals surface area contributed by atoms with Crippen molar-refractivity contribution >= 4 is 29.7 Å². The summed E-state index contributed by atoms with van der Waals surface area (Å²) in [6, 6.07) is 0. The summed E-state index contributed by atoms with van der Waals surface area (Å²) >= 11 is 0. The van der Waals surface area contributed by atoms with Crippen LogP contribution in [0.5, 0.6) is 0 Å². The standard InChI is InChI=1S/C9H13NO2.C6H5NO4.C5H12O.5CH4/c1-2-3-4-7-10-8(11)5-6-9(10)12;1-11-6(10)7-4(8)2-3-5(7)9;1-3-5-6-4-2;;;;;/h5-6H,2-4,7H2,1H3;2-3H,1H3;3-5H2,1-2H3;5*1H4. The first-order valence-corrected chi connectivity index (χ1v) is 9.59. The average Bonchev–Trinajstić information content (AvgIpc) is 3.22. The van der Waals surface area contributed by atoms with Gasteiger partial charge in [-0.05, 0) is 19.8 Å². The molecule has 0 aromatic rings. The van der Waals surface area contributed by atoms with E-state index < -0.39 is 17.9 Å². The van der Waals surface area contributed by atoms with Crippen molar-refractivity contribution in [2.24, 2.45) is 0 Å². The highest BCUT2D eigenvalue weighted by Crippen LogP contribution is 2.06. The highest BCUT2D eigenvalue weighted by molar-refractivity contribution is 6.21. The van der Waals surface area contributed by atoms with Crippen LogP contribution in [0.15, 0.2) is 24.3 Å². The third kappa shape index (κ3) is 16.8. The Balaban J connectivity index is -0.0000000842. The Kier molecular flexibility index (Phi) is 34.8. The number of unbranched alkanes of at least 4 members (excludes halogenated alkanes) is 2. The van der Waals surface area contributed by atoms with Crippen molar-refractivity contribution in [3.05, 3.63) is 24.3 Å². The van der Waals surface area contributed by atoms with Gasteiger partial charge in [0, 0.05) is 44.1 Å². The smallest absolute Gasteiger partial charge is 0.423 e. The molecule has 5 amide bonds. The fourth-order valence-electron chi connectivity index (χ4n) is 2.13. The maximum atomic E-state index is 11.0. The number of ether oxygens (including phenoxy) is 2. The molecule has 0 bridgehead atoms. The normalized spacial score (nSPS) is 12.5. The van der Waals surface area contributed by atoms with Gasteiger partial charge in [0.2, 0.25) is 0 Å². The van der Waals surface area contributed by atoms with E-state index in [1.54, 1.807) is 0 Å². The Morgan fingerprint density at radius 1 is 0.735 bits per heavy atom. The third-order valence-corrected chi connectivity index (χ3v) is 3.60. The van der Waals surface area contributed by atoms with Crippen LogP contribution in [0.4, 0.5) is 4.79 Å². The average molecular weight is 491 g/mol. The monoisotopic (exact) mass is 490 g/mol. The van der Waals surface area contributed by atoms with Crippen LogP contribution in [-0.4, -0.2) is 66.4 Å². The molecule has 2 aliphatic heterocycles. The summed E-state index contributed by atoms with van der Waals surface area (Å²) in [5.74, 6) is -1.67. The maximum absolute atomic E-state index is 11.0. The second kappa shape index (κ2) is 26.4. The lowest BCUT2D eigenvalue weighted by atomic mass is 10.2. The third-order valence-electron chi connectivity index (χ3n) is 3.60. The summed E-state index contributed by atoms with van der Waals surface area (Å²) in [5, 5.41) is 0. The highest BCUT2D eigenvalue weighted by atomic mass is 16.5. The fourth-order valence-corrected chi connectivity index (χ4v) is 2.13. The second-order valence-electron chi connectivity index (χ2n) is 5.88. The van der Waals surface area contributed by atoms with Gasteiger partial charge in [-0.2, -0.15) is 4.90 Å². The summed E-state index contributed by atoms with van der Waals surface area (Å²) in [6.45, 7) is 8.54. The molecule has 202 valence electrons. The molecule has 0 fully saturated rings. The lowest BCUT2D eigenvalue weighted by Crippen LogP contribution is -2.35. The predicted molar refractivity (Wildman–Crippen MR) is 139 cm³/mol. The van der Waals surface area contributed by atoms with Crippen LogP contribution in [0.2, 0.25) is 0 Å². The molecule has 9 nitrogen and oxygen atoms in total.